The smallest absolute Gasteiger partial charge is 0.0525 e. The summed E-state index contributed by atoms with van der Waals surface area (Å²) in [6, 6.07) is 0. The molecule has 0 saturated carbocycles. The average Bonchev–Trinajstić information content (AvgIpc) is 2.66. The summed E-state index contributed by atoms with van der Waals surface area (Å²) in [7, 11) is 0. The average molecular weight is 226 g/mol. The van der Waals surface area contributed by atoms with Gasteiger partial charge in [0.15, 0.2) is 0 Å². The third kappa shape index (κ3) is 4.08. The van der Waals surface area contributed by atoms with Gasteiger partial charge in [-0.1, -0.05) is 53.4 Å². The standard InChI is InChI=1S/C15H30O/c1-13(2)8-6-5-7-9-15(14(3)4)10-11-16-12-15/h13-14H,5-12H2,1-4H3. The molecular formula is C15H30O. The summed E-state index contributed by atoms with van der Waals surface area (Å²) in [6.07, 6.45) is 8.27. The molecule has 96 valence electrons. The Hall–Kier alpha value is -0.0400. The third-order valence-electron chi connectivity index (χ3n) is 4.31. The molecule has 1 heterocycles. The highest BCUT2D eigenvalue weighted by Crippen LogP contribution is 2.41. The molecule has 0 aromatic rings. The second kappa shape index (κ2) is 6.64. The first-order chi connectivity index (χ1) is 7.57. The Labute approximate surface area is 102 Å². The van der Waals surface area contributed by atoms with Crippen molar-refractivity contribution in [3.63, 3.8) is 0 Å². The molecule has 0 radical (unpaired) electrons. The quantitative estimate of drug-likeness (QED) is 0.574. The Kier molecular flexibility index (Phi) is 5.82. The molecule has 0 aromatic carbocycles. The first kappa shape index (κ1) is 14.0. The van der Waals surface area contributed by atoms with Crippen molar-refractivity contribution in [3.05, 3.63) is 0 Å². The molecule has 1 unspecified atom stereocenters. The van der Waals surface area contributed by atoms with Crippen LogP contribution in [0, 0.1) is 17.3 Å². The molecule has 1 heteroatoms. The molecule has 1 aliphatic rings. The van der Waals surface area contributed by atoms with E-state index in [-0.39, 0.29) is 0 Å². The predicted octanol–water partition coefficient (Wildman–Crippen LogP) is 4.66. The van der Waals surface area contributed by atoms with Crippen molar-refractivity contribution in [1.29, 1.82) is 0 Å². The summed E-state index contributed by atoms with van der Waals surface area (Å²) >= 11 is 0. The Morgan fingerprint density at radius 1 is 1.06 bits per heavy atom. The van der Waals surface area contributed by atoms with Crippen LogP contribution in [0.5, 0.6) is 0 Å². The Bertz CT molecular complexity index is 178. The third-order valence-corrected chi connectivity index (χ3v) is 4.31. The van der Waals surface area contributed by atoms with Gasteiger partial charge in [-0.05, 0) is 30.1 Å². The topological polar surface area (TPSA) is 9.23 Å². The van der Waals surface area contributed by atoms with Gasteiger partial charge in [0, 0.05) is 6.61 Å². The Morgan fingerprint density at radius 3 is 2.31 bits per heavy atom. The normalized spacial score (nSPS) is 25.9. The van der Waals surface area contributed by atoms with Crippen LogP contribution in [0.4, 0.5) is 0 Å². The van der Waals surface area contributed by atoms with Gasteiger partial charge in [0.25, 0.3) is 0 Å². The summed E-state index contributed by atoms with van der Waals surface area (Å²) in [4.78, 5) is 0. The van der Waals surface area contributed by atoms with Crippen LogP contribution in [-0.2, 0) is 4.74 Å². The maximum Gasteiger partial charge on any atom is 0.0525 e. The van der Waals surface area contributed by atoms with Gasteiger partial charge in [0.1, 0.15) is 0 Å². The summed E-state index contributed by atoms with van der Waals surface area (Å²) in [5.41, 5.74) is 0.512. The molecule has 16 heavy (non-hydrogen) atoms. The molecular weight excluding hydrogens is 196 g/mol. The van der Waals surface area contributed by atoms with Crippen molar-refractivity contribution in [2.24, 2.45) is 17.3 Å². The molecule has 0 aromatic heterocycles. The fraction of sp³-hybridized carbons (Fsp3) is 1.00. The van der Waals surface area contributed by atoms with Crippen LogP contribution in [0.1, 0.15) is 66.2 Å². The molecule has 0 spiro atoms. The highest BCUT2D eigenvalue weighted by molar-refractivity contribution is 4.85. The zero-order chi connectivity index (χ0) is 12.0. The van der Waals surface area contributed by atoms with E-state index in [4.69, 9.17) is 4.74 Å². The number of ether oxygens (including phenoxy) is 1. The van der Waals surface area contributed by atoms with E-state index in [1.807, 2.05) is 0 Å². The molecule has 1 nitrogen and oxygen atoms in total. The Morgan fingerprint density at radius 2 is 1.81 bits per heavy atom. The largest absolute Gasteiger partial charge is 0.381 e. The molecule has 0 N–H and O–H groups in total. The lowest BCUT2D eigenvalue weighted by Gasteiger charge is -2.31. The SMILES string of the molecule is CC(C)CCCCCC1(C(C)C)CCOC1. The number of rotatable bonds is 7. The lowest BCUT2D eigenvalue weighted by molar-refractivity contribution is 0.109. The maximum absolute atomic E-state index is 5.62. The van der Waals surface area contributed by atoms with Crippen molar-refractivity contribution in [2.45, 2.75) is 66.2 Å². The van der Waals surface area contributed by atoms with Crippen LogP contribution >= 0.6 is 0 Å². The molecule has 1 aliphatic heterocycles. The van der Waals surface area contributed by atoms with Crippen molar-refractivity contribution in [3.8, 4) is 0 Å². The number of unbranched alkanes of at least 4 members (excludes halogenated alkanes) is 2. The fourth-order valence-electron chi connectivity index (χ4n) is 2.77. The van der Waals surface area contributed by atoms with Crippen LogP contribution in [0.25, 0.3) is 0 Å². The van der Waals surface area contributed by atoms with Gasteiger partial charge in [0.2, 0.25) is 0 Å². The molecule has 0 amide bonds. The van der Waals surface area contributed by atoms with E-state index in [2.05, 4.69) is 27.7 Å². The second-order valence-electron chi connectivity index (χ2n) is 6.31. The van der Waals surface area contributed by atoms with Gasteiger partial charge in [-0.2, -0.15) is 0 Å². The van der Waals surface area contributed by atoms with Crippen LogP contribution in [0.15, 0.2) is 0 Å². The Balaban J connectivity index is 2.19. The minimum absolute atomic E-state index is 0.512. The van der Waals surface area contributed by atoms with E-state index in [0.29, 0.717) is 5.41 Å². The first-order valence-corrected chi connectivity index (χ1v) is 7.14. The summed E-state index contributed by atoms with van der Waals surface area (Å²) in [5.74, 6) is 1.65. The van der Waals surface area contributed by atoms with Gasteiger partial charge < -0.3 is 4.74 Å². The van der Waals surface area contributed by atoms with Crippen LogP contribution in [0.2, 0.25) is 0 Å². The molecule has 1 saturated heterocycles. The van der Waals surface area contributed by atoms with Gasteiger partial charge in [0.05, 0.1) is 6.61 Å². The van der Waals surface area contributed by atoms with Gasteiger partial charge in [-0.15, -0.1) is 0 Å². The highest BCUT2D eigenvalue weighted by Gasteiger charge is 2.36. The second-order valence-corrected chi connectivity index (χ2v) is 6.31. The number of hydrogen-bond acceptors (Lipinski definition) is 1. The minimum atomic E-state index is 0.512. The zero-order valence-corrected chi connectivity index (χ0v) is 11.7. The highest BCUT2D eigenvalue weighted by atomic mass is 16.5. The van der Waals surface area contributed by atoms with Crippen molar-refractivity contribution < 1.29 is 4.74 Å². The van der Waals surface area contributed by atoms with E-state index in [1.165, 1.54) is 38.5 Å². The lowest BCUT2D eigenvalue weighted by atomic mass is 9.73. The van der Waals surface area contributed by atoms with Gasteiger partial charge in [-0.25, -0.2) is 0 Å². The van der Waals surface area contributed by atoms with Gasteiger partial charge in [-0.3, -0.25) is 0 Å². The lowest BCUT2D eigenvalue weighted by Crippen LogP contribution is -2.27. The van der Waals surface area contributed by atoms with Gasteiger partial charge >= 0.3 is 0 Å². The zero-order valence-electron chi connectivity index (χ0n) is 11.7. The van der Waals surface area contributed by atoms with Crippen LogP contribution in [-0.4, -0.2) is 13.2 Å². The summed E-state index contributed by atoms with van der Waals surface area (Å²) in [6.45, 7) is 11.4. The van der Waals surface area contributed by atoms with Crippen molar-refractivity contribution >= 4 is 0 Å². The molecule has 0 aliphatic carbocycles. The van der Waals surface area contributed by atoms with Crippen molar-refractivity contribution in [2.75, 3.05) is 13.2 Å². The number of hydrogen-bond donors (Lipinski definition) is 0. The van der Waals surface area contributed by atoms with Crippen LogP contribution < -0.4 is 0 Å². The van der Waals surface area contributed by atoms with E-state index in [1.54, 1.807) is 0 Å². The summed E-state index contributed by atoms with van der Waals surface area (Å²) < 4.78 is 5.62. The van der Waals surface area contributed by atoms with E-state index >= 15 is 0 Å². The fourth-order valence-corrected chi connectivity index (χ4v) is 2.77. The minimum Gasteiger partial charge on any atom is -0.381 e. The first-order valence-electron chi connectivity index (χ1n) is 7.14. The van der Waals surface area contributed by atoms with Crippen LogP contribution in [0.3, 0.4) is 0 Å². The molecule has 1 atom stereocenters. The molecule has 1 rings (SSSR count). The van der Waals surface area contributed by atoms with E-state index in [0.717, 1.165) is 25.0 Å². The maximum atomic E-state index is 5.62. The molecule has 1 fully saturated rings. The molecule has 0 bridgehead atoms. The monoisotopic (exact) mass is 226 g/mol. The summed E-state index contributed by atoms with van der Waals surface area (Å²) in [5, 5.41) is 0. The van der Waals surface area contributed by atoms with E-state index in [9.17, 15) is 0 Å². The predicted molar refractivity (Wildman–Crippen MR) is 70.6 cm³/mol. The van der Waals surface area contributed by atoms with E-state index < -0.39 is 0 Å². The van der Waals surface area contributed by atoms with Crippen molar-refractivity contribution in [1.82, 2.24) is 0 Å².